The summed E-state index contributed by atoms with van der Waals surface area (Å²) >= 11 is 3.83. The van der Waals surface area contributed by atoms with Crippen LogP contribution in [0.5, 0.6) is 5.75 Å². The Balaban J connectivity index is 1.31. The summed E-state index contributed by atoms with van der Waals surface area (Å²) < 4.78 is 5.51. The van der Waals surface area contributed by atoms with E-state index in [1.165, 1.54) is 25.2 Å². The Bertz CT molecular complexity index is 1270. The topological polar surface area (TPSA) is 46.6 Å². The van der Waals surface area contributed by atoms with Gasteiger partial charge in [-0.3, -0.25) is 9.59 Å². The van der Waals surface area contributed by atoms with Crippen molar-refractivity contribution in [3.63, 3.8) is 0 Å². The van der Waals surface area contributed by atoms with Gasteiger partial charge in [-0.2, -0.15) is 0 Å². The zero-order chi connectivity index (χ0) is 23.1. The molecule has 1 saturated heterocycles. The summed E-state index contributed by atoms with van der Waals surface area (Å²) in [4.78, 5) is 33.2. The third-order valence-corrected chi connectivity index (χ3v) is 11.3. The number of carbonyl (C=O) groups is 2. The predicted octanol–water partition coefficient (Wildman–Crippen LogP) is 5.83. The Labute approximate surface area is 207 Å². The fraction of sp³-hybridized carbons (Fsp3) is 0.357. The van der Waals surface area contributed by atoms with Crippen molar-refractivity contribution in [2.75, 3.05) is 12.0 Å². The van der Waals surface area contributed by atoms with Crippen LogP contribution < -0.4 is 9.64 Å². The van der Waals surface area contributed by atoms with Crippen LogP contribution in [-0.4, -0.2) is 24.2 Å². The first-order valence-electron chi connectivity index (χ1n) is 11.9. The van der Waals surface area contributed by atoms with Gasteiger partial charge in [-0.1, -0.05) is 60.8 Å². The average molecular weight is 488 g/mol. The van der Waals surface area contributed by atoms with E-state index < -0.39 is 0 Å². The smallest absolute Gasteiger partial charge is 0.238 e. The molecule has 2 aromatic rings. The molecule has 34 heavy (non-hydrogen) atoms. The van der Waals surface area contributed by atoms with Gasteiger partial charge in [0.1, 0.15) is 5.75 Å². The second kappa shape index (κ2) is 7.53. The van der Waals surface area contributed by atoms with Crippen LogP contribution in [0, 0.1) is 29.6 Å². The van der Waals surface area contributed by atoms with E-state index in [-0.39, 0.29) is 41.4 Å². The molecule has 0 unspecified atom stereocenters. The van der Waals surface area contributed by atoms with Gasteiger partial charge in [0.2, 0.25) is 11.8 Å². The number of nitrogens with zero attached hydrogens (tertiary/aromatic N) is 1. The number of allylic oxidation sites excluding steroid dienone is 3. The molecule has 6 heteroatoms. The number of para-hydroxylation sites is 2. The fourth-order valence-electron chi connectivity index (χ4n) is 7.36. The Morgan fingerprint density at radius 3 is 2.44 bits per heavy atom. The molecule has 0 radical (unpaired) electrons. The summed E-state index contributed by atoms with van der Waals surface area (Å²) in [5, 5.41) is 0.371. The van der Waals surface area contributed by atoms with Crippen LogP contribution in [-0.2, 0) is 9.59 Å². The van der Waals surface area contributed by atoms with E-state index in [0.29, 0.717) is 22.6 Å². The van der Waals surface area contributed by atoms with Crippen LogP contribution in [0.25, 0.3) is 0 Å². The number of benzene rings is 2. The van der Waals surface area contributed by atoms with Crippen molar-refractivity contribution in [1.29, 1.82) is 0 Å². The normalized spacial score (nSPS) is 35.6. The van der Waals surface area contributed by atoms with E-state index in [1.54, 1.807) is 7.11 Å². The molecule has 172 valence electrons. The number of carbonyl (C=O) groups excluding carboxylic acids is 2. The number of amides is 2. The lowest BCUT2D eigenvalue weighted by Gasteiger charge is -2.44. The van der Waals surface area contributed by atoms with Gasteiger partial charge in [-0.15, -0.1) is 11.8 Å². The molecule has 0 spiro atoms. The average Bonchev–Trinajstić information content (AvgIpc) is 3.58. The summed E-state index contributed by atoms with van der Waals surface area (Å²) in [6, 6.07) is 18.1. The van der Waals surface area contributed by atoms with E-state index in [0.717, 1.165) is 12.8 Å². The quantitative estimate of drug-likeness (QED) is 0.510. The lowest BCUT2D eigenvalue weighted by atomic mass is 9.68. The summed E-state index contributed by atoms with van der Waals surface area (Å²) in [6.45, 7) is 4.28. The minimum absolute atomic E-state index is 0.0349. The van der Waals surface area contributed by atoms with Gasteiger partial charge in [0, 0.05) is 27.4 Å². The number of methoxy groups -OCH3 is 1. The van der Waals surface area contributed by atoms with Crippen LogP contribution in [0.3, 0.4) is 0 Å². The molecule has 5 aliphatic rings. The van der Waals surface area contributed by atoms with Crippen molar-refractivity contribution in [2.24, 2.45) is 29.6 Å². The highest BCUT2D eigenvalue weighted by atomic mass is 32.2. The molecule has 2 aromatic carbocycles. The Kier molecular flexibility index (Phi) is 4.63. The van der Waals surface area contributed by atoms with Gasteiger partial charge < -0.3 is 4.74 Å². The van der Waals surface area contributed by atoms with Crippen molar-refractivity contribution in [2.45, 2.75) is 24.0 Å². The zero-order valence-corrected chi connectivity index (χ0v) is 20.5. The molecule has 0 aromatic heterocycles. The Hall–Kier alpha value is -2.44. The number of hydrogen-bond donors (Lipinski definition) is 0. The van der Waals surface area contributed by atoms with Crippen LogP contribution in [0.1, 0.15) is 24.3 Å². The predicted molar refractivity (Wildman–Crippen MR) is 136 cm³/mol. The summed E-state index contributed by atoms with van der Waals surface area (Å²) in [5.41, 5.74) is 1.91. The van der Waals surface area contributed by atoms with Gasteiger partial charge in [0.05, 0.1) is 24.6 Å². The molecule has 7 atom stereocenters. The Morgan fingerprint density at radius 1 is 0.971 bits per heavy atom. The highest BCUT2D eigenvalue weighted by Gasteiger charge is 2.70. The number of rotatable bonds is 3. The third kappa shape index (κ3) is 2.70. The summed E-state index contributed by atoms with van der Waals surface area (Å²) in [6.07, 6.45) is 1.91. The standard InChI is InChI=1S/C28H25NO3S2/c1-14-12-20-26(33-14)21(15-8-4-3-5-9-15)22-16-13-17(25(22)34-20)24-23(16)27(30)29(28(24)31)18-10-6-7-11-19(18)32-2/h3-11,16-17,21-25H,1,12-13H2,2H3/t16-,17-,21-,22-,23+,24-,25-/m1/s1. The van der Waals surface area contributed by atoms with E-state index in [4.69, 9.17) is 4.74 Å². The van der Waals surface area contributed by atoms with Crippen LogP contribution in [0.15, 0.2) is 75.9 Å². The van der Waals surface area contributed by atoms with E-state index in [2.05, 4.69) is 36.9 Å². The number of hydrogen-bond acceptors (Lipinski definition) is 5. The van der Waals surface area contributed by atoms with Crippen molar-refractivity contribution in [3.05, 3.63) is 81.5 Å². The molecule has 4 nitrogen and oxygen atoms in total. The van der Waals surface area contributed by atoms with Gasteiger partial charge in [-0.25, -0.2) is 4.90 Å². The first-order chi connectivity index (χ1) is 16.6. The molecular weight excluding hydrogens is 462 g/mol. The van der Waals surface area contributed by atoms with E-state index in [9.17, 15) is 9.59 Å². The van der Waals surface area contributed by atoms with Crippen molar-refractivity contribution < 1.29 is 14.3 Å². The molecule has 3 aliphatic heterocycles. The van der Waals surface area contributed by atoms with Crippen molar-refractivity contribution in [3.8, 4) is 5.75 Å². The molecule has 3 heterocycles. The highest BCUT2D eigenvalue weighted by molar-refractivity contribution is 8.10. The molecule has 2 aliphatic carbocycles. The third-order valence-electron chi connectivity index (χ3n) is 8.48. The number of thioether (sulfide) groups is 2. The first-order valence-corrected chi connectivity index (χ1v) is 13.6. The maximum atomic E-state index is 13.9. The van der Waals surface area contributed by atoms with Crippen LogP contribution in [0.4, 0.5) is 5.69 Å². The molecule has 2 bridgehead atoms. The van der Waals surface area contributed by atoms with E-state index >= 15 is 0 Å². The second-order valence-corrected chi connectivity index (χ2v) is 12.4. The molecule has 0 N–H and O–H groups in total. The first kappa shape index (κ1) is 20.9. The van der Waals surface area contributed by atoms with E-state index in [1.807, 2.05) is 47.8 Å². The number of imide groups is 1. The van der Waals surface area contributed by atoms with Gasteiger partial charge in [0.15, 0.2) is 0 Å². The monoisotopic (exact) mass is 487 g/mol. The van der Waals surface area contributed by atoms with Gasteiger partial charge in [0.25, 0.3) is 0 Å². The van der Waals surface area contributed by atoms with Gasteiger partial charge >= 0.3 is 0 Å². The molecule has 3 fully saturated rings. The molecule has 2 saturated carbocycles. The lowest BCUT2D eigenvalue weighted by Crippen LogP contribution is -2.42. The maximum absolute atomic E-state index is 13.9. The summed E-state index contributed by atoms with van der Waals surface area (Å²) in [7, 11) is 1.59. The zero-order valence-electron chi connectivity index (χ0n) is 18.8. The number of anilines is 1. The fourth-order valence-corrected chi connectivity index (χ4v) is 10.7. The molecule has 7 rings (SSSR count). The SMILES string of the molecule is C=C1CC2=C(S1)[C@H](c1ccccc1)[C@H]1[C@H]3C[C@@H]([C@H]1S2)[C@H]1C(=O)N(c2ccccc2OC)C(=O)[C@@H]31. The largest absolute Gasteiger partial charge is 0.495 e. The Morgan fingerprint density at radius 2 is 1.68 bits per heavy atom. The second-order valence-electron chi connectivity index (χ2n) is 9.95. The number of ether oxygens (including phenoxy) is 1. The van der Waals surface area contributed by atoms with Crippen LogP contribution >= 0.6 is 23.5 Å². The number of fused-ring (bicyclic) bond motifs is 8. The van der Waals surface area contributed by atoms with Crippen LogP contribution in [0.2, 0.25) is 0 Å². The van der Waals surface area contributed by atoms with Crippen molar-refractivity contribution in [1.82, 2.24) is 0 Å². The minimum atomic E-state index is -0.229. The summed E-state index contributed by atoms with van der Waals surface area (Å²) in [5.74, 6) is 1.16. The molecular formula is C28H25NO3S2. The minimum Gasteiger partial charge on any atom is -0.495 e. The molecule has 2 amide bonds. The maximum Gasteiger partial charge on any atom is 0.238 e. The van der Waals surface area contributed by atoms with Gasteiger partial charge in [-0.05, 0) is 46.8 Å². The lowest BCUT2D eigenvalue weighted by molar-refractivity contribution is -0.123. The highest BCUT2D eigenvalue weighted by Crippen LogP contribution is 2.71. The van der Waals surface area contributed by atoms with Crippen molar-refractivity contribution >= 4 is 41.0 Å².